The average Bonchev–Trinajstić information content (AvgIpc) is 2.60. The summed E-state index contributed by atoms with van der Waals surface area (Å²) < 4.78 is 38.8. The molecule has 7 nitrogen and oxygen atoms in total. The number of rotatable bonds is 6. The standard InChI is InChI=1S/C16H14ClF3N4O3S/c1-3-28-13-5-9(17)12(24(26)27)4-8(13)15(25)23-10-6-14(16(18,19)20)22-7-11(10)21-2/h4-7,21H,3H2,1-2H3,(H,22,23,25). The maximum absolute atomic E-state index is 12.9. The third-order valence-corrected chi connectivity index (χ3v) is 4.74. The second-order valence-corrected chi connectivity index (χ2v) is 7.02. The second-order valence-electron chi connectivity index (χ2n) is 5.31. The molecule has 12 heteroatoms. The van der Waals surface area contributed by atoms with E-state index < -0.39 is 28.4 Å². The Bertz CT molecular complexity index is 925. The normalized spacial score (nSPS) is 11.2. The van der Waals surface area contributed by atoms with Crippen LogP contribution in [-0.4, -0.2) is 28.6 Å². The molecule has 0 saturated heterocycles. The van der Waals surface area contributed by atoms with Gasteiger partial charge in [0.2, 0.25) is 0 Å². The van der Waals surface area contributed by atoms with E-state index in [4.69, 9.17) is 11.6 Å². The van der Waals surface area contributed by atoms with Crippen LogP contribution in [-0.2, 0) is 6.18 Å². The van der Waals surface area contributed by atoms with Gasteiger partial charge in [0.1, 0.15) is 10.7 Å². The first kappa shape index (κ1) is 21.8. The number of carbonyl (C=O) groups excluding carboxylic acids is 1. The third-order valence-electron chi connectivity index (χ3n) is 3.50. The first-order chi connectivity index (χ1) is 13.1. The van der Waals surface area contributed by atoms with Crippen molar-refractivity contribution < 1.29 is 22.9 Å². The SMILES string of the molecule is CCSc1cc(Cl)c([N+](=O)[O-])cc1C(=O)Nc1cc(C(F)(F)F)ncc1NC. The van der Waals surface area contributed by atoms with Crippen LogP contribution < -0.4 is 10.6 Å². The van der Waals surface area contributed by atoms with Gasteiger partial charge in [0.25, 0.3) is 11.6 Å². The van der Waals surface area contributed by atoms with Gasteiger partial charge in [-0.1, -0.05) is 18.5 Å². The summed E-state index contributed by atoms with van der Waals surface area (Å²) >= 11 is 7.10. The van der Waals surface area contributed by atoms with Crippen LogP contribution in [0.15, 0.2) is 29.3 Å². The largest absolute Gasteiger partial charge is 0.433 e. The molecule has 0 radical (unpaired) electrons. The Balaban J connectivity index is 2.50. The predicted octanol–water partition coefficient (Wildman–Crippen LogP) is 5.07. The molecule has 0 atom stereocenters. The third kappa shape index (κ3) is 4.84. The molecule has 0 spiro atoms. The van der Waals surface area contributed by atoms with E-state index in [0.29, 0.717) is 16.7 Å². The van der Waals surface area contributed by atoms with Crippen molar-refractivity contribution in [2.24, 2.45) is 0 Å². The Labute approximate surface area is 166 Å². The molecule has 0 fully saturated rings. The highest BCUT2D eigenvalue weighted by atomic mass is 35.5. The zero-order valence-corrected chi connectivity index (χ0v) is 16.1. The van der Waals surface area contributed by atoms with Crippen LogP contribution in [0.2, 0.25) is 5.02 Å². The lowest BCUT2D eigenvalue weighted by molar-refractivity contribution is -0.384. The lowest BCUT2D eigenvalue weighted by Gasteiger charge is -2.15. The molecule has 150 valence electrons. The summed E-state index contributed by atoms with van der Waals surface area (Å²) in [5.74, 6) is -0.268. The number of pyridine rings is 1. The zero-order chi connectivity index (χ0) is 21.1. The molecular formula is C16H14ClF3N4O3S. The van der Waals surface area contributed by atoms with Crippen molar-refractivity contribution in [2.45, 2.75) is 18.0 Å². The number of nitro benzene ring substituents is 1. The van der Waals surface area contributed by atoms with E-state index in [1.165, 1.54) is 24.9 Å². The Morgan fingerprint density at radius 1 is 1.32 bits per heavy atom. The molecule has 0 saturated carbocycles. The number of thioether (sulfide) groups is 1. The fourth-order valence-electron chi connectivity index (χ4n) is 2.24. The molecule has 0 aliphatic heterocycles. The van der Waals surface area contributed by atoms with Gasteiger partial charge in [0, 0.05) is 18.0 Å². The van der Waals surface area contributed by atoms with Gasteiger partial charge in [0.05, 0.1) is 28.1 Å². The number of nitro groups is 1. The summed E-state index contributed by atoms with van der Waals surface area (Å²) in [7, 11) is 1.45. The molecule has 1 heterocycles. The summed E-state index contributed by atoms with van der Waals surface area (Å²) in [6.45, 7) is 1.80. The van der Waals surface area contributed by atoms with E-state index >= 15 is 0 Å². The van der Waals surface area contributed by atoms with Crippen LogP contribution in [0.25, 0.3) is 0 Å². The Morgan fingerprint density at radius 2 is 2.00 bits per heavy atom. The number of aromatic nitrogens is 1. The number of hydrogen-bond acceptors (Lipinski definition) is 6. The molecule has 2 aromatic rings. The fraction of sp³-hybridized carbons (Fsp3) is 0.250. The number of nitrogens with zero attached hydrogens (tertiary/aromatic N) is 2. The van der Waals surface area contributed by atoms with Gasteiger partial charge in [-0.15, -0.1) is 11.8 Å². The van der Waals surface area contributed by atoms with Crippen LogP contribution in [0.1, 0.15) is 23.0 Å². The molecular weight excluding hydrogens is 421 g/mol. The molecule has 2 N–H and O–H groups in total. The highest BCUT2D eigenvalue weighted by Crippen LogP contribution is 2.35. The Kier molecular flexibility index (Phi) is 6.73. The van der Waals surface area contributed by atoms with Crippen molar-refractivity contribution in [1.82, 2.24) is 4.98 Å². The fourth-order valence-corrected chi connectivity index (χ4v) is 3.36. The first-order valence-corrected chi connectivity index (χ1v) is 9.11. The minimum atomic E-state index is -4.70. The predicted molar refractivity (Wildman–Crippen MR) is 101 cm³/mol. The van der Waals surface area contributed by atoms with Crippen LogP contribution in [0.5, 0.6) is 0 Å². The summed E-state index contributed by atoms with van der Waals surface area (Å²) in [5, 5.41) is 16.0. The van der Waals surface area contributed by atoms with Gasteiger partial charge < -0.3 is 10.6 Å². The quantitative estimate of drug-likeness (QED) is 0.374. The zero-order valence-electron chi connectivity index (χ0n) is 14.6. The minimum Gasteiger partial charge on any atom is -0.385 e. The summed E-state index contributed by atoms with van der Waals surface area (Å²) in [6, 6.07) is 2.97. The molecule has 0 unspecified atom stereocenters. The smallest absolute Gasteiger partial charge is 0.385 e. The van der Waals surface area contributed by atoms with Crippen molar-refractivity contribution in [3.05, 3.63) is 50.8 Å². The van der Waals surface area contributed by atoms with Gasteiger partial charge in [-0.05, 0) is 17.9 Å². The van der Waals surface area contributed by atoms with Crippen LogP contribution in [0, 0.1) is 10.1 Å². The monoisotopic (exact) mass is 434 g/mol. The number of halogens is 4. The Morgan fingerprint density at radius 3 is 2.54 bits per heavy atom. The van der Waals surface area contributed by atoms with Gasteiger partial charge >= 0.3 is 6.18 Å². The molecule has 0 bridgehead atoms. The number of amides is 1. The summed E-state index contributed by atoms with van der Waals surface area (Å²) in [4.78, 5) is 26.8. The van der Waals surface area contributed by atoms with Crippen molar-refractivity contribution in [3.63, 3.8) is 0 Å². The van der Waals surface area contributed by atoms with Crippen molar-refractivity contribution >= 4 is 46.3 Å². The topological polar surface area (TPSA) is 97.2 Å². The second kappa shape index (κ2) is 8.65. The molecule has 1 amide bonds. The van der Waals surface area contributed by atoms with Crippen molar-refractivity contribution in [3.8, 4) is 0 Å². The molecule has 0 aliphatic rings. The Hall–Kier alpha value is -2.53. The van der Waals surface area contributed by atoms with Crippen LogP contribution in [0.3, 0.4) is 0 Å². The van der Waals surface area contributed by atoms with Crippen molar-refractivity contribution in [1.29, 1.82) is 0 Å². The number of anilines is 2. The minimum absolute atomic E-state index is 0.0737. The molecule has 0 aliphatic carbocycles. The van der Waals surface area contributed by atoms with Gasteiger partial charge in [0.15, 0.2) is 0 Å². The van der Waals surface area contributed by atoms with E-state index in [2.05, 4.69) is 15.6 Å². The lowest BCUT2D eigenvalue weighted by atomic mass is 10.1. The maximum Gasteiger partial charge on any atom is 0.433 e. The highest BCUT2D eigenvalue weighted by molar-refractivity contribution is 7.99. The van der Waals surface area contributed by atoms with E-state index in [1.54, 1.807) is 6.92 Å². The number of carbonyl (C=O) groups is 1. The van der Waals surface area contributed by atoms with Crippen LogP contribution in [0.4, 0.5) is 30.2 Å². The first-order valence-electron chi connectivity index (χ1n) is 7.75. The average molecular weight is 435 g/mol. The molecule has 28 heavy (non-hydrogen) atoms. The van der Waals surface area contributed by atoms with Gasteiger partial charge in [-0.2, -0.15) is 13.2 Å². The van der Waals surface area contributed by atoms with Gasteiger partial charge in [-0.3, -0.25) is 14.9 Å². The summed E-state index contributed by atoms with van der Waals surface area (Å²) in [6.07, 6.45) is -3.77. The molecule has 1 aromatic heterocycles. The van der Waals surface area contributed by atoms with Gasteiger partial charge in [-0.25, -0.2) is 4.98 Å². The van der Waals surface area contributed by atoms with Crippen molar-refractivity contribution in [2.75, 3.05) is 23.4 Å². The van der Waals surface area contributed by atoms with E-state index in [9.17, 15) is 28.1 Å². The molecule has 1 aromatic carbocycles. The molecule has 2 rings (SSSR count). The van der Waals surface area contributed by atoms with E-state index in [0.717, 1.165) is 12.3 Å². The number of hydrogen-bond donors (Lipinski definition) is 2. The number of benzene rings is 1. The highest BCUT2D eigenvalue weighted by Gasteiger charge is 2.33. The van der Waals surface area contributed by atoms with E-state index in [1.807, 2.05) is 0 Å². The van der Waals surface area contributed by atoms with Crippen LogP contribution >= 0.6 is 23.4 Å². The summed E-state index contributed by atoms with van der Waals surface area (Å²) in [5.41, 5.74) is -1.76. The van der Waals surface area contributed by atoms with E-state index in [-0.39, 0.29) is 22.0 Å². The lowest BCUT2D eigenvalue weighted by Crippen LogP contribution is -2.17. The number of alkyl halides is 3. The number of nitrogens with one attached hydrogen (secondary N) is 2. The maximum atomic E-state index is 12.9.